The summed E-state index contributed by atoms with van der Waals surface area (Å²) in [5.74, 6) is 0.530. The Morgan fingerprint density at radius 1 is 1.03 bits per heavy atom. The van der Waals surface area contributed by atoms with Gasteiger partial charge in [-0.05, 0) is 48.2 Å². The van der Waals surface area contributed by atoms with E-state index >= 15 is 0 Å². The van der Waals surface area contributed by atoms with Gasteiger partial charge in [-0.15, -0.1) is 24.0 Å². The van der Waals surface area contributed by atoms with Crippen molar-refractivity contribution in [1.29, 1.82) is 0 Å². The van der Waals surface area contributed by atoms with Crippen LogP contribution in [0.25, 0.3) is 0 Å². The topological polar surface area (TPSA) is 56.7 Å². The van der Waals surface area contributed by atoms with E-state index in [9.17, 15) is 9.18 Å². The van der Waals surface area contributed by atoms with Crippen LogP contribution in [0.3, 0.4) is 0 Å². The van der Waals surface area contributed by atoms with Gasteiger partial charge in [0.05, 0.1) is 0 Å². The van der Waals surface area contributed by atoms with E-state index in [1.54, 1.807) is 38.2 Å². The zero-order valence-electron chi connectivity index (χ0n) is 18.5. The number of aliphatic imine (C=N–C) groups is 1. The normalized spacial score (nSPS) is 15.2. The molecule has 0 aliphatic heterocycles. The lowest BCUT2D eigenvalue weighted by molar-refractivity contribution is 0.0827. The van der Waals surface area contributed by atoms with Crippen LogP contribution in [-0.2, 0) is 12.0 Å². The van der Waals surface area contributed by atoms with E-state index in [1.807, 2.05) is 36.4 Å². The fraction of sp³-hybridized carbons (Fsp3) is 0.417. The molecule has 0 aromatic heterocycles. The minimum Gasteiger partial charge on any atom is -0.356 e. The van der Waals surface area contributed by atoms with Crippen molar-refractivity contribution in [1.82, 2.24) is 15.5 Å². The standard InChI is InChI=1S/C24H31FN4O.HI/c1-26-23(27-16-18-6-8-19(9-7-18)22(30)29(2)3)28-17-24(14-4-5-15-24)20-10-12-21(25)13-11-20;/h6-13H,4-5,14-17H2,1-3H3,(H2,26,27,28);1H. The molecule has 0 saturated heterocycles. The van der Waals surface area contributed by atoms with Crippen LogP contribution in [0, 0.1) is 5.82 Å². The SMILES string of the molecule is CN=C(NCc1ccc(C(=O)N(C)C)cc1)NCC1(c2ccc(F)cc2)CCCC1.I. The van der Waals surface area contributed by atoms with Gasteiger partial charge in [-0.3, -0.25) is 9.79 Å². The predicted octanol–water partition coefficient (Wildman–Crippen LogP) is 4.32. The van der Waals surface area contributed by atoms with Crippen LogP contribution in [0.1, 0.15) is 47.2 Å². The summed E-state index contributed by atoms with van der Waals surface area (Å²) in [6.45, 7) is 1.37. The first-order valence-electron chi connectivity index (χ1n) is 10.4. The van der Waals surface area contributed by atoms with Crippen LogP contribution in [0.5, 0.6) is 0 Å². The van der Waals surface area contributed by atoms with E-state index in [2.05, 4.69) is 15.6 Å². The summed E-state index contributed by atoms with van der Waals surface area (Å²) in [7, 11) is 5.25. The molecule has 2 aromatic carbocycles. The van der Waals surface area contributed by atoms with E-state index in [0.29, 0.717) is 12.1 Å². The van der Waals surface area contributed by atoms with Crippen molar-refractivity contribution in [2.75, 3.05) is 27.7 Å². The average molecular weight is 538 g/mol. The van der Waals surface area contributed by atoms with Crippen molar-refractivity contribution in [3.05, 3.63) is 71.0 Å². The molecule has 5 nitrogen and oxygen atoms in total. The van der Waals surface area contributed by atoms with Gasteiger partial charge < -0.3 is 15.5 Å². The molecule has 3 rings (SSSR count). The molecule has 0 bridgehead atoms. The first-order valence-corrected chi connectivity index (χ1v) is 10.4. The van der Waals surface area contributed by atoms with Crippen LogP contribution in [0.2, 0.25) is 0 Å². The number of halogens is 2. The first kappa shape index (κ1) is 25.1. The number of benzene rings is 2. The van der Waals surface area contributed by atoms with Crippen molar-refractivity contribution in [2.24, 2.45) is 4.99 Å². The molecule has 7 heteroatoms. The van der Waals surface area contributed by atoms with Crippen molar-refractivity contribution in [3.63, 3.8) is 0 Å². The molecule has 0 spiro atoms. The van der Waals surface area contributed by atoms with Gasteiger partial charge >= 0.3 is 0 Å². The Morgan fingerprint density at radius 3 is 2.19 bits per heavy atom. The van der Waals surface area contributed by atoms with Crippen molar-refractivity contribution < 1.29 is 9.18 Å². The molecule has 1 amide bonds. The summed E-state index contributed by atoms with van der Waals surface area (Å²) >= 11 is 0. The average Bonchev–Trinajstić information content (AvgIpc) is 3.24. The fourth-order valence-corrected chi connectivity index (χ4v) is 4.11. The highest BCUT2D eigenvalue weighted by Crippen LogP contribution is 2.40. The molecule has 0 heterocycles. The number of amides is 1. The number of carbonyl (C=O) groups excluding carboxylic acids is 1. The van der Waals surface area contributed by atoms with Crippen molar-refractivity contribution in [2.45, 2.75) is 37.6 Å². The van der Waals surface area contributed by atoms with Crippen molar-refractivity contribution in [3.8, 4) is 0 Å². The Bertz CT molecular complexity index is 875. The predicted molar refractivity (Wildman–Crippen MR) is 135 cm³/mol. The number of hydrogen-bond acceptors (Lipinski definition) is 2. The summed E-state index contributed by atoms with van der Waals surface area (Å²) in [6, 6.07) is 14.5. The second-order valence-corrected chi connectivity index (χ2v) is 8.17. The molecule has 1 fully saturated rings. The Morgan fingerprint density at radius 2 is 1.65 bits per heavy atom. The molecule has 0 unspecified atom stereocenters. The zero-order chi connectivity index (χ0) is 21.6. The molecular formula is C24H32FIN4O. The molecule has 2 aromatic rings. The van der Waals surface area contributed by atoms with Crippen LogP contribution >= 0.6 is 24.0 Å². The van der Waals surface area contributed by atoms with Crippen LogP contribution in [0.4, 0.5) is 4.39 Å². The highest BCUT2D eigenvalue weighted by molar-refractivity contribution is 14.0. The smallest absolute Gasteiger partial charge is 0.253 e. The van der Waals surface area contributed by atoms with Crippen LogP contribution in [0.15, 0.2) is 53.5 Å². The van der Waals surface area contributed by atoms with E-state index < -0.39 is 0 Å². The van der Waals surface area contributed by atoms with Gasteiger partial charge in [-0.25, -0.2) is 4.39 Å². The second-order valence-electron chi connectivity index (χ2n) is 8.17. The Kier molecular flexibility index (Phi) is 9.28. The summed E-state index contributed by atoms with van der Waals surface area (Å²) in [5.41, 5.74) is 2.95. The van der Waals surface area contributed by atoms with E-state index in [1.165, 1.54) is 18.4 Å². The quantitative estimate of drug-likeness (QED) is 0.327. The van der Waals surface area contributed by atoms with Gasteiger partial charge in [0.25, 0.3) is 5.91 Å². The van der Waals surface area contributed by atoms with E-state index in [-0.39, 0.29) is 41.1 Å². The highest BCUT2D eigenvalue weighted by Gasteiger charge is 2.35. The molecule has 168 valence electrons. The summed E-state index contributed by atoms with van der Waals surface area (Å²) in [4.78, 5) is 17.9. The molecular weight excluding hydrogens is 506 g/mol. The highest BCUT2D eigenvalue weighted by atomic mass is 127. The number of rotatable bonds is 6. The molecule has 1 aliphatic rings. The third-order valence-electron chi connectivity index (χ3n) is 5.90. The maximum atomic E-state index is 13.4. The number of guanidine groups is 1. The molecule has 1 saturated carbocycles. The number of carbonyl (C=O) groups is 1. The van der Waals surface area contributed by atoms with Gasteiger partial charge in [0.1, 0.15) is 5.82 Å². The van der Waals surface area contributed by atoms with E-state index in [0.717, 1.165) is 30.9 Å². The van der Waals surface area contributed by atoms with Gasteiger partial charge in [-0.2, -0.15) is 0 Å². The Balaban J connectivity index is 0.00000341. The molecule has 2 N–H and O–H groups in total. The van der Waals surface area contributed by atoms with Gasteiger partial charge in [0.15, 0.2) is 5.96 Å². The monoisotopic (exact) mass is 538 g/mol. The molecule has 0 atom stereocenters. The molecule has 1 aliphatic carbocycles. The number of nitrogens with zero attached hydrogens (tertiary/aromatic N) is 2. The summed E-state index contributed by atoms with van der Waals surface area (Å²) < 4.78 is 13.4. The number of hydrogen-bond donors (Lipinski definition) is 2. The lowest BCUT2D eigenvalue weighted by atomic mass is 9.79. The largest absolute Gasteiger partial charge is 0.356 e. The number of nitrogens with one attached hydrogen (secondary N) is 2. The third-order valence-corrected chi connectivity index (χ3v) is 5.90. The van der Waals surface area contributed by atoms with Gasteiger partial charge in [-0.1, -0.05) is 37.1 Å². The first-order chi connectivity index (χ1) is 14.4. The lowest BCUT2D eigenvalue weighted by Gasteiger charge is -2.31. The maximum Gasteiger partial charge on any atom is 0.253 e. The van der Waals surface area contributed by atoms with Crippen LogP contribution < -0.4 is 10.6 Å². The third kappa shape index (κ3) is 6.41. The minimum atomic E-state index is -0.198. The zero-order valence-corrected chi connectivity index (χ0v) is 20.8. The molecule has 31 heavy (non-hydrogen) atoms. The van der Waals surface area contributed by atoms with E-state index in [4.69, 9.17) is 0 Å². The fourth-order valence-electron chi connectivity index (χ4n) is 4.11. The minimum absolute atomic E-state index is 0. The second kappa shape index (κ2) is 11.5. The Labute approximate surface area is 201 Å². The van der Waals surface area contributed by atoms with Crippen molar-refractivity contribution >= 4 is 35.8 Å². The van der Waals surface area contributed by atoms with Crippen LogP contribution in [-0.4, -0.2) is 44.5 Å². The Hall–Kier alpha value is -2.16. The van der Waals surface area contributed by atoms with Gasteiger partial charge in [0, 0.05) is 45.2 Å². The lowest BCUT2D eigenvalue weighted by Crippen LogP contribution is -2.44. The molecule has 0 radical (unpaired) electrons. The summed E-state index contributed by atoms with van der Waals surface area (Å²) in [5, 5.41) is 6.81. The van der Waals surface area contributed by atoms with Gasteiger partial charge in [0.2, 0.25) is 0 Å². The summed E-state index contributed by atoms with van der Waals surface area (Å²) in [6.07, 6.45) is 4.54. The maximum absolute atomic E-state index is 13.4.